The van der Waals surface area contributed by atoms with Crippen molar-refractivity contribution in [2.24, 2.45) is 7.05 Å². The lowest BCUT2D eigenvalue weighted by Crippen LogP contribution is -2.32. The maximum absolute atomic E-state index is 12.0. The van der Waals surface area contributed by atoms with Crippen LogP contribution in [0.1, 0.15) is 32.4 Å². The molecule has 1 aromatic rings. The van der Waals surface area contributed by atoms with Crippen LogP contribution in [-0.4, -0.2) is 24.1 Å². The highest BCUT2D eigenvalue weighted by Crippen LogP contribution is 2.14. The van der Waals surface area contributed by atoms with E-state index < -0.39 is 10.0 Å². The zero-order chi connectivity index (χ0) is 13.1. The molecule has 1 atom stereocenters. The van der Waals surface area contributed by atoms with Crippen LogP contribution in [0.2, 0.25) is 0 Å². The SMILES string of the molecule is CCCC(C)NS(=O)(=O)c1cc(CO)n(C)c1. The summed E-state index contributed by atoms with van der Waals surface area (Å²) in [5, 5.41) is 9.03. The van der Waals surface area contributed by atoms with Gasteiger partial charge < -0.3 is 9.67 Å². The molecule has 0 fully saturated rings. The number of nitrogens with one attached hydrogen (secondary N) is 1. The molecule has 17 heavy (non-hydrogen) atoms. The Morgan fingerprint density at radius 2 is 2.18 bits per heavy atom. The lowest BCUT2D eigenvalue weighted by Gasteiger charge is -2.11. The monoisotopic (exact) mass is 260 g/mol. The van der Waals surface area contributed by atoms with Crippen molar-refractivity contribution in [3.63, 3.8) is 0 Å². The van der Waals surface area contributed by atoms with E-state index >= 15 is 0 Å². The van der Waals surface area contributed by atoms with Gasteiger partial charge in [0.1, 0.15) is 0 Å². The van der Waals surface area contributed by atoms with Gasteiger partial charge in [0, 0.05) is 25.0 Å². The minimum absolute atomic E-state index is 0.0808. The smallest absolute Gasteiger partial charge is 0.242 e. The Kier molecular flexibility index (Phi) is 4.73. The standard InChI is InChI=1S/C11H20N2O3S/c1-4-5-9(2)12-17(15,16)11-6-10(8-14)13(3)7-11/h6-7,9,12,14H,4-5,8H2,1-3H3. The number of sulfonamides is 1. The van der Waals surface area contributed by atoms with E-state index in [2.05, 4.69) is 4.72 Å². The second-order valence-corrected chi connectivity index (χ2v) is 5.96. The minimum Gasteiger partial charge on any atom is -0.390 e. The van der Waals surface area contributed by atoms with Gasteiger partial charge in [0.2, 0.25) is 10.0 Å². The summed E-state index contributed by atoms with van der Waals surface area (Å²) in [5.41, 5.74) is 0.577. The van der Waals surface area contributed by atoms with Crippen LogP contribution in [0.15, 0.2) is 17.2 Å². The van der Waals surface area contributed by atoms with Gasteiger partial charge in [0.15, 0.2) is 0 Å². The summed E-state index contributed by atoms with van der Waals surface area (Å²) < 4.78 is 28.2. The Morgan fingerprint density at radius 3 is 2.65 bits per heavy atom. The van der Waals surface area contributed by atoms with Crippen LogP contribution in [0.5, 0.6) is 0 Å². The zero-order valence-electron chi connectivity index (χ0n) is 10.5. The number of aryl methyl sites for hydroxylation is 1. The molecule has 98 valence electrons. The maximum Gasteiger partial charge on any atom is 0.242 e. The summed E-state index contributed by atoms with van der Waals surface area (Å²) in [6, 6.07) is 1.41. The fourth-order valence-corrected chi connectivity index (χ4v) is 3.08. The van der Waals surface area contributed by atoms with Crippen molar-refractivity contribution < 1.29 is 13.5 Å². The molecule has 1 heterocycles. The molecule has 1 rings (SSSR count). The van der Waals surface area contributed by atoms with Gasteiger partial charge in [-0.3, -0.25) is 0 Å². The Bertz CT molecular complexity index is 465. The predicted octanol–water partition coefficient (Wildman–Crippen LogP) is 0.984. The maximum atomic E-state index is 12.0. The summed E-state index contributed by atoms with van der Waals surface area (Å²) in [7, 11) is -1.77. The third-order valence-electron chi connectivity index (χ3n) is 2.63. The Balaban J connectivity index is 2.89. The van der Waals surface area contributed by atoms with Crippen LogP contribution in [-0.2, 0) is 23.7 Å². The molecule has 0 aromatic carbocycles. The number of nitrogens with zero attached hydrogens (tertiary/aromatic N) is 1. The van der Waals surface area contributed by atoms with Gasteiger partial charge >= 0.3 is 0 Å². The van der Waals surface area contributed by atoms with E-state index in [0.717, 1.165) is 12.8 Å². The quantitative estimate of drug-likeness (QED) is 0.801. The van der Waals surface area contributed by atoms with Gasteiger partial charge in [0.25, 0.3) is 0 Å². The molecule has 5 nitrogen and oxygen atoms in total. The highest BCUT2D eigenvalue weighted by molar-refractivity contribution is 7.89. The van der Waals surface area contributed by atoms with E-state index in [0.29, 0.717) is 5.69 Å². The highest BCUT2D eigenvalue weighted by Gasteiger charge is 2.19. The molecule has 6 heteroatoms. The second-order valence-electron chi connectivity index (χ2n) is 4.25. The summed E-state index contributed by atoms with van der Waals surface area (Å²) in [4.78, 5) is 0.201. The van der Waals surface area contributed by atoms with Crippen LogP contribution in [0.4, 0.5) is 0 Å². The highest BCUT2D eigenvalue weighted by atomic mass is 32.2. The third-order valence-corrected chi connectivity index (χ3v) is 4.19. The predicted molar refractivity (Wildman–Crippen MR) is 66.0 cm³/mol. The number of aliphatic hydroxyl groups is 1. The zero-order valence-corrected chi connectivity index (χ0v) is 11.3. The first kappa shape index (κ1) is 14.2. The number of rotatable bonds is 6. The topological polar surface area (TPSA) is 71.3 Å². The van der Waals surface area contributed by atoms with Crippen LogP contribution in [0.25, 0.3) is 0 Å². The van der Waals surface area contributed by atoms with E-state index in [4.69, 9.17) is 5.11 Å². The van der Waals surface area contributed by atoms with Crippen LogP contribution in [0.3, 0.4) is 0 Å². The Labute approximate surface area is 103 Å². The number of aliphatic hydroxyl groups excluding tert-OH is 1. The van der Waals surface area contributed by atoms with Crippen molar-refractivity contribution in [3.05, 3.63) is 18.0 Å². The average molecular weight is 260 g/mol. The van der Waals surface area contributed by atoms with E-state index in [1.165, 1.54) is 12.3 Å². The van der Waals surface area contributed by atoms with E-state index in [-0.39, 0.29) is 17.5 Å². The third kappa shape index (κ3) is 3.55. The van der Waals surface area contributed by atoms with Crippen LogP contribution < -0.4 is 4.72 Å². The van der Waals surface area contributed by atoms with Gasteiger partial charge in [-0.25, -0.2) is 13.1 Å². The number of aromatic nitrogens is 1. The van der Waals surface area contributed by atoms with Gasteiger partial charge in [-0.15, -0.1) is 0 Å². The van der Waals surface area contributed by atoms with Gasteiger partial charge in [0.05, 0.1) is 11.5 Å². The second kappa shape index (κ2) is 5.66. The number of hydrogen-bond acceptors (Lipinski definition) is 3. The summed E-state index contributed by atoms with van der Waals surface area (Å²) in [6.45, 7) is 3.69. The van der Waals surface area contributed by atoms with Crippen molar-refractivity contribution in [2.45, 2.75) is 44.2 Å². The fourth-order valence-electron chi connectivity index (χ4n) is 1.71. The van der Waals surface area contributed by atoms with E-state index in [1.54, 1.807) is 11.6 Å². The van der Waals surface area contributed by atoms with Crippen LogP contribution >= 0.6 is 0 Å². The van der Waals surface area contributed by atoms with E-state index in [1.807, 2.05) is 13.8 Å². The van der Waals surface area contributed by atoms with Gasteiger partial charge in [-0.2, -0.15) is 0 Å². The molecule has 0 aliphatic heterocycles. The molecule has 0 amide bonds. The largest absolute Gasteiger partial charge is 0.390 e. The molecule has 0 saturated carbocycles. The van der Waals surface area contributed by atoms with Gasteiger partial charge in [-0.05, 0) is 19.4 Å². The molecular formula is C11H20N2O3S. The number of hydrogen-bond donors (Lipinski definition) is 2. The molecule has 1 aromatic heterocycles. The molecule has 0 radical (unpaired) electrons. The Hall–Kier alpha value is -0.850. The first-order valence-electron chi connectivity index (χ1n) is 5.69. The molecule has 0 spiro atoms. The molecule has 0 aliphatic carbocycles. The molecule has 2 N–H and O–H groups in total. The molecule has 0 saturated heterocycles. The normalized spacial score (nSPS) is 13.9. The minimum atomic E-state index is -3.48. The van der Waals surface area contributed by atoms with Crippen molar-refractivity contribution in [2.75, 3.05) is 0 Å². The van der Waals surface area contributed by atoms with Crippen molar-refractivity contribution in [1.82, 2.24) is 9.29 Å². The van der Waals surface area contributed by atoms with Crippen molar-refractivity contribution >= 4 is 10.0 Å². The Morgan fingerprint density at radius 1 is 1.53 bits per heavy atom. The first-order valence-corrected chi connectivity index (χ1v) is 7.17. The fraction of sp³-hybridized carbons (Fsp3) is 0.636. The summed E-state index contributed by atoms with van der Waals surface area (Å²) in [6.07, 6.45) is 3.24. The van der Waals surface area contributed by atoms with Crippen molar-refractivity contribution in [3.8, 4) is 0 Å². The lowest BCUT2D eigenvalue weighted by atomic mass is 10.2. The molecule has 0 aliphatic rings. The van der Waals surface area contributed by atoms with E-state index in [9.17, 15) is 8.42 Å². The van der Waals surface area contributed by atoms with Gasteiger partial charge in [-0.1, -0.05) is 13.3 Å². The molecular weight excluding hydrogens is 240 g/mol. The van der Waals surface area contributed by atoms with Crippen LogP contribution in [0, 0.1) is 0 Å². The summed E-state index contributed by atoms with van der Waals surface area (Å²) in [5.74, 6) is 0. The first-order chi connectivity index (χ1) is 7.90. The molecule has 0 bridgehead atoms. The molecule has 1 unspecified atom stereocenters. The summed E-state index contributed by atoms with van der Waals surface area (Å²) >= 11 is 0. The average Bonchev–Trinajstić information content (AvgIpc) is 2.59. The lowest BCUT2D eigenvalue weighted by molar-refractivity contribution is 0.272. The van der Waals surface area contributed by atoms with Crippen molar-refractivity contribution in [1.29, 1.82) is 0 Å².